The van der Waals surface area contributed by atoms with Gasteiger partial charge in [-0.05, 0) is 68.5 Å². The molecule has 1 aromatic heterocycles. The maximum Gasteiger partial charge on any atom is 0.173 e. The third-order valence-corrected chi connectivity index (χ3v) is 6.72. The number of aliphatic hydroxyl groups is 1. The van der Waals surface area contributed by atoms with Crippen molar-refractivity contribution in [3.05, 3.63) is 69.7 Å². The van der Waals surface area contributed by atoms with Gasteiger partial charge in [-0.25, -0.2) is 0 Å². The van der Waals surface area contributed by atoms with Gasteiger partial charge in [-0.2, -0.15) is 0 Å². The van der Waals surface area contributed by atoms with E-state index in [0.717, 1.165) is 34.4 Å². The average molecular weight is 375 g/mol. The minimum absolute atomic E-state index is 0.0423. The Morgan fingerprint density at radius 3 is 2.43 bits per heavy atom. The van der Waals surface area contributed by atoms with Gasteiger partial charge in [0.15, 0.2) is 5.78 Å². The number of carbonyl (C=O) groups excluding carboxylic acids is 1. The number of hydrogen-bond acceptors (Lipinski definition) is 4. The predicted octanol–water partition coefficient (Wildman–Crippen LogP) is 4.35. The second-order valence-corrected chi connectivity index (χ2v) is 8.69. The van der Waals surface area contributed by atoms with Crippen LogP contribution in [0.25, 0.3) is 5.57 Å². The van der Waals surface area contributed by atoms with Crippen LogP contribution in [-0.4, -0.2) is 28.1 Å². The van der Waals surface area contributed by atoms with Crippen molar-refractivity contribution in [2.45, 2.75) is 52.2 Å². The summed E-state index contributed by atoms with van der Waals surface area (Å²) in [4.78, 5) is 17.9. The van der Waals surface area contributed by atoms with Gasteiger partial charge < -0.3 is 9.84 Å². The van der Waals surface area contributed by atoms with E-state index in [1.54, 1.807) is 0 Å². The smallest absolute Gasteiger partial charge is 0.173 e. The summed E-state index contributed by atoms with van der Waals surface area (Å²) in [6.07, 6.45) is 2.30. The number of ketones is 1. The predicted molar refractivity (Wildman–Crippen MR) is 107 cm³/mol. The van der Waals surface area contributed by atoms with Crippen LogP contribution in [0.2, 0.25) is 0 Å². The number of rotatable bonds is 2. The monoisotopic (exact) mass is 375 g/mol. The van der Waals surface area contributed by atoms with Gasteiger partial charge >= 0.3 is 0 Å². The zero-order valence-electron chi connectivity index (χ0n) is 16.7. The maximum atomic E-state index is 13.4. The Morgan fingerprint density at radius 1 is 1.04 bits per heavy atom. The highest BCUT2D eigenvalue weighted by Crippen LogP contribution is 2.58. The van der Waals surface area contributed by atoms with Crippen LogP contribution in [0.4, 0.5) is 0 Å². The van der Waals surface area contributed by atoms with E-state index in [1.165, 1.54) is 5.56 Å². The van der Waals surface area contributed by atoms with Crippen LogP contribution in [0.3, 0.4) is 0 Å². The SMILES string of the molecule is Cc1ccnc([C@@H]2C[C@@H]3O[C@H]2[C@H]2C(O)=C(c4c(C)cc(C)cc4C)C(=O)[C@H]23)c1. The number of Topliss-reactive ketones (excluding diaryl/α,β-unsaturated/α-hetero) is 1. The lowest BCUT2D eigenvalue weighted by molar-refractivity contribution is -0.118. The highest BCUT2D eigenvalue weighted by atomic mass is 16.5. The number of pyridine rings is 1. The molecule has 4 nitrogen and oxygen atoms in total. The van der Waals surface area contributed by atoms with Gasteiger partial charge in [0.1, 0.15) is 5.76 Å². The molecule has 1 aliphatic carbocycles. The highest BCUT2D eigenvalue weighted by Gasteiger charge is 2.62. The summed E-state index contributed by atoms with van der Waals surface area (Å²) in [7, 11) is 0. The van der Waals surface area contributed by atoms with Crippen molar-refractivity contribution in [1.29, 1.82) is 0 Å². The molecule has 3 aliphatic rings. The summed E-state index contributed by atoms with van der Waals surface area (Å²) in [6, 6.07) is 8.23. The van der Waals surface area contributed by atoms with Crippen LogP contribution in [0, 0.1) is 39.5 Å². The molecular formula is C24H25NO3. The average Bonchev–Trinajstić information content (AvgIpc) is 3.28. The molecule has 3 heterocycles. The first kappa shape index (κ1) is 17.6. The van der Waals surface area contributed by atoms with Gasteiger partial charge in [0.25, 0.3) is 0 Å². The summed E-state index contributed by atoms with van der Waals surface area (Å²) >= 11 is 0. The van der Waals surface area contributed by atoms with Gasteiger partial charge in [0, 0.05) is 17.8 Å². The number of benzene rings is 1. The Morgan fingerprint density at radius 2 is 1.75 bits per heavy atom. The first-order chi connectivity index (χ1) is 13.4. The number of carbonyl (C=O) groups is 1. The van der Waals surface area contributed by atoms with E-state index in [2.05, 4.69) is 37.0 Å². The molecule has 2 aliphatic heterocycles. The van der Waals surface area contributed by atoms with Crippen molar-refractivity contribution in [3.8, 4) is 0 Å². The summed E-state index contributed by atoms with van der Waals surface area (Å²) in [6.45, 7) is 8.14. The summed E-state index contributed by atoms with van der Waals surface area (Å²) < 4.78 is 6.20. The van der Waals surface area contributed by atoms with E-state index in [0.29, 0.717) is 5.57 Å². The Hall–Kier alpha value is -2.46. The molecule has 2 saturated heterocycles. The Kier molecular flexibility index (Phi) is 3.79. The summed E-state index contributed by atoms with van der Waals surface area (Å²) in [5, 5.41) is 11.2. The summed E-state index contributed by atoms with van der Waals surface area (Å²) in [5.41, 5.74) is 6.82. The molecule has 0 unspecified atom stereocenters. The zero-order chi connectivity index (χ0) is 19.7. The molecule has 2 aromatic rings. The van der Waals surface area contributed by atoms with E-state index in [-0.39, 0.29) is 41.5 Å². The third-order valence-electron chi connectivity index (χ3n) is 6.72. The Labute approximate surface area is 165 Å². The zero-order valence-corrected chi connectivity index (χ0v) is 16.7. The number of aliphatic hydroxyl groups excluding tert-OH is 1. The topological polar surface area (TPSA) is 59.4 Å². The largest absolute Gasteiger partial charge is 0.511 e. The van der Waals surface area contributed by atoms with Gasteiger partial charge in [0.2, 0.25) is 0 Å². The number of fused-ring (bicyclic) bond motifs is 5. The first-order valence-corrected chi connectivity index (χ1v) is 10.0. The molecule has 0 amide bonds. The number of aromatic nitrogens is 1. The van der Waals surface area contributed by atoms with Gasteiger partial charge in [-0.3, -0.25) is 9.78 Å². The van der Waals surface area contributed by atoms with Crippen LogP contribution in [0.5, 0.6) is 0 Å². The molecule has 28 heavy (non-hydrogen) atoms. The molecule has 144 valence electrons. The van der Waals surface area contributed by atoms with Crippen molar-refractivity contribution in [3.63, 3.8) is 0 Å². The van der Waals surface area contributed by atoms with E-state index < -0.39 is 0 Å². The van der Waals surface area contributed by atoms with Crippen LogP contribution in [0.15, 0.2) is 36.2 Å². The van der Waals surface area contributed by atoms with Crippen molar-refractivity contribution in [1.82, 2.24) is 4.98 Å². The van der Waals surface area contributed by atoms with E-state index in [4.69, 9.17) is 4.74 Å². The second-order valence-electron chi connectivity index (χ2n) is 8.69. The van der Waals surface area contributed by atoms with Crippen LogP contribution < -0.4 is 0 Å². The molecule has 0 saturated carbocycles. The second kappa shape index (κ2) is 6.02. The van der Waals surface area contributed by atoms with Crippen LogP contribution in [-0.2, 0) is 9.53 Å². The minimum Gasteiger partial charge on any atom is -0.511 e. The molecule has 4 heteroatoms. The molecule has 2 bridgehead atoms. The fourth-order valence-electron chi connectivity index (χ4n) is 5.73. The number of aryl methyl sites for hydroxylation is 4. The molecule has 5 rings (SSSR count). The quantitative estimate of drug-likeness (QED) is 0.848. The number of nitrogens with zero attached hydrogens (tertiary/aromatic N) is 1. The number of ether oxygens (including phenoxy) is 1. The van der Waals surface area contributed by atoms with Crippen molar-refractivity contribution >= 4 is 11.4 Å². The van der Waals surface area contributed by atoms with Crippen molar-refractivity contribution < 1.29 is 14.6 Å². The van der Waals surface area contributed by atoms with E-state index in [9.17, 15) is 9.90 Å². The fraction of sp³-hybridized carbons (Fsp3) is 0.417. The Balaban J connectivity index is 1.58. The summed E-state index contributed by atoms with van der Waals surface area (Å²) in [5.74, 6) is -0.133. The van der Waals surface area contributed by atoms with Gasteiger partial charge in [0.05, 0.1) is 29.6 Å². The van der Waals surface area contributed by atoms with Crippen LogP contribution in [0.1, 0.15) is 45.8 Å². The van der Waals surface area contributed by atoms with E-state index in [1.807, 2.05) is 26.1 Å². The standard InChI is InChI=1S/C24H25NO3/c1-11-5-6-25-16(9-11)15-10-17-19-21(24(15)28-17)23(27)20(22(19)26)18-13(3)7-12(2)8-14(18)4/h5-9,15,17,19,21,24,27H,10H2,1-4H3/t15-,17-,19-,21+,24+/m0/s1. The lowest BCUT2D eigenvalue weighted by Crippen LogP contribution is -2.33. The lowest BCUT2D eigenvalue weighted by Gasteiger charge is -2.27. The van der Waals surface area contributed by atoms with Crippen molar-refractivity contribution in [2.75, 3.05) is 0 Å². The first-order valence-electron chi connectivity index (χ1n) is 10.0. The number of hydrogen-bond donors (Lipinski definition) is 1. The highest BCUT2D eigenvalue weighted by molar-refractivity contribution is 6.26. The third kappa shape index (κ3) is 2.34. The van der Waals surface area contributed by atoms with Crippen molar-refractivity contribution in [2.24, 2.45) is 11.8 Å². The minimum atomic E-state index is -0.263. The molecule has 0 radical (unpaired) electrons. The molecule has 1 N–H and O–H groups in total. The fourth-order valence-corrected chi connectivity index (χ4v) is 5.73. The molecule has 1 aromatic carbocycles. The Bertz CT molecular complexity index is 1010. The van der Waals surface area contributed by atoms with Gasteiger partial charge in [-0.15, -0.1) is 0 Å². The van der Waals surface area contributed by atoms with E-state index >= 15 is 0 Å². The maximum absolute atomic E-state index is 13.4. The molecule has 2 fully saturated rings. The lowest BCUT2D eigenvalue weighted by atomic mass is 9.73. The molecular weight excluding hydrogens is 350 g/mol. The van der Waals surface area contributed by atoms with Gasteiger partial charge in [-0.1, -0.05) is 17.7 Å². The normalized spacial score (nSPS) is 31.0. The molecule has 5 atom stereocenters. The van der Waals surface area contributed by atoms with Crippen LogP contribution >= 0.6 is 0 Å². The molecule has 0 spiro atoms. The number of allylic oxidation sites excluding steroid dienone is 1.